The maximum absolute atomic E-state index is 12.8. The molecule has 0 fully saturated rings. The number of nitrogens with two attached hydrogens (primary N) is 1. The Morgan fingerprint density at radius 1 is 1.30 bits per heavy atom. The van der Waals surface area contributed by atoms with Gasteiger partial charge in [0.2, 0.25) is 5.60 Å². The van der Waals surface area contributed by atoms with E-state index < -0.39 is 30.1 Å². The number of benzene rings is 1. The van der Waals surface area contributed by atoms with E-state index in [0.29, 0.717) is 16.6 Å². The van der Waals surface area contributed by atoms with Crippen LogP contribution >= 0.6 is 0 Å². The first-order valence-electron chi connectivity index (χ1n) is 6.75. The van der Waals surface area contributed by atoms with E-state index in [1.54, 1.807) is 18.2 Å². The molecule has 118 valence electrons. The van der Waals surface area contributed by atoms with Gasteiger partial charge >= 0.3 is 11.9 Å². The van der Waals surface area contributed by atoms with Gasteiger partial charge in [0.05, 0.1) is 11.7 Å². The molecule has 0 saturated carbocycles. The summed E-state index contributed by atoms with van der Waals surface area (Å²) >= 11 is 0. The zero-order valence-corrected chi connectivity index (χ0v) is 12.2. The van der Waals surface area contributed by atoms with Crippen LogP contribution in [-0.2, 0) is 19.1 Å². The van der Waals surface area contributed by atoms with Gasteiger partial charge in [-0.3, -0.25) is 4.79 Å². The number of nitrogens with zero attached hydrogens (tertiary/aromatic N) is 2. The Morgan fingerprint density at radius 3 is 2.83 bits per heavy atom. The second-order valence-electron chi connectivity index (χ2n) is 5.27. The van der Waals surface area contributed by atoms with Crippen LogP contribution in [0.5, 0.6) is 0 Å². The number of hydrogen-bond acceptors (Lipinski definition) is 7. The van der Waals surface area contributed by atoms with Gasteiger partial charge in [-0.2, -0.15) is 9.78 Å². The molecule has 2 N–H and O–H groups in total. The van der Waals surface area contributed by atoms with E-state index >= 15 is 0 Å². The molecule has 2 heterocycles. The summed E-state index contributed by atoms with van der Waals surface area (Å²) in [6.45, 7) is 0.960. The van der Waals surface area contributed by atoms with Crippen molar-refractivity contribution in [1.29, 1.82) is 0 Å². The summed E-state index contributed by atoms with van der Waals surface area (Å²) in [5, 5.41) is 4.68. The maximum atomic E-state index is 12.8. The van der Waals surface area contributed by atoms with E-state index in [2.05, 4.69) is 5.10 Å². The third-order valence-corrected chi connectivity index (χ3v) is 3.41. The van der Waals surface area contributed by atoms with Crippen molar-refractivity contribution in [2.75, 3.05) is 12.3 Å². The minimum absolute atomic E-state index is 0.406. The Balaban J connectivity index is 2.01. The summed E-state index contributed by atoms with van der Waals surface area (Å²) in [6.07, 6.45) is 3.33. The summed E-state index contributed by atoms with van der Waals surface area (Å²) in [6, 6.07) is 4.93. The molecule has 8 nitrogen and oxygen atoms in total. The first-order valence-corrected chi connectivity index (χ1v) is 6.75. The SMILES string of the molecule is CC1(C(=O)n2ncc3cc(N)ccc32)COC(=O)/C=C\C(=O)O1. The standard InChI is InChI=1S/C15H13N3O5/c1-15(8-22-12(19)4-5-13(20)23-15)14(21)18-11-3-2-10(16)6-9(11)7-17-18/h2-7H,8,16H2,1H3/b5-4-. The highest BCUT2D eigenvalue weighted by Crippen LogP contribution is 2.22. The molecule has 8 heteroatoms. The Bertz CT molecular complexity index is 854. The molecule has 0 spiro atoms. The first-order chi connectivity index (χ1) is 10.9. The van der Waals surface area contributed by atoms with E-state index in [1.807, 2.05) is 0 Å². The van der Waals surface area contributed by atoms with Gasteiger partial charge in [-0.15, -0.1) is 0 Å². The highest BCUT2D eigenvalue weighted by atomic mass is 16.6. The van der Waals surface area contributed by atoms with Gasteiger partial charge in [0.25, 0.3) is 5.91 Å². The van der Waals surface area contributed by atoms with Gasteiger partial charge in [0.15, 0.2) is 0 Å². The topological polar surface area (TPSA) is 114 Å². The van der Waals surface area contributed by atoms with E-state index in [9.17, 15) is 14.4 Å². The Hall–Kier alpha value is -3.16. The van der Waals surface area contributed by atoms with Gasteiger partial charge in [-0.25, -0.2) is 9.59 Å². The molecule has 23 heavy (non-hydrogen) atoms. The lowest BCUT2D eigenvalue weighted by Crippen LogP contribution is -2.48. The molecule has 0 saturated heterocycles. The maximum Gasteiger partial charge on any atom is 0.332 e. The third kappa shape index (κ3) is 2.66. The number of carbonyl (C=O) groups is 3. The van der Waals surface area contributed by atoms with Crippen LogP contribution in [-0.4, -0.2) is 39.8 Å². The van der Waals surface area contributed by atoms with E-state index in [0.717, 1.165) is 16.8 Å². The third-order valence-electron chi connectivity index (χ3n) is 3.41. The van der Waals surface area contributed by atoms with Crippen molar-refractivity contribution in [2.45, 2.75) is 12.5 Å². The lowest BCUT2D eigenvalue weighted by molar-refractivity contribution is -0.161. The fraction of sp³-hybridized carbons (Fsp3) is 0.200. The Kier molecular flexibility index (Phi) is 3.36. The van der Waals surface area contributed by atoms with Crippen LogP contribution in [0.4, 0.5) is 5.69 Å². The predicted octanol–water partition coefficient (Wildman–Crippen LogP) is 0.674. The van der Waals surface area contributed by atoms with Crippen molar-refractivity contribution in [1.82, 2.24) is 9.78 Å². The average molecular weight is 315 g/mol. The molecule has 3 rings (SSSR count). The van der Waals surface area contributed by atoms with E-state index in [-0.39, 0.29) is 0 Å². The zero-order valence-electron chi connectivity index (χ0n) is 12.2. The normalized spacial score (nSPS) is 22.8. The molecular weight excluding hydrogens is 302 g/mol. The van der Waals surface area contributed by atoms with Gasteiger partial charge in [-0.05, 0) is 25.1 Å². The minimum atomic E-state index is -1.68. The second-order valence-corrected chi connectivity index (χ2v) is 5.27. The summed E-state index contributed by atoms with van der Waals surface area (Å²) in [5.41, 5.74) is 5.05. The van der Waals surface area contributed by atoms with Gasteiger partial charge < -0.3 is 15.2 Å². The number of cyclic esters (lactones) is 2. The van der Waals surface area contributed by atoms with Crippen molar-refractivity contribution in [3.8, 4) is 0 Å². The Morgan fingerprint density at radius 2 is 2.04 bits per heavy atom. The quantitative estimate of drug-likeness (QED) is 0.608. The Labute approximate surface area is 130 Å². The second kappa shape index (κ2) is 5.24. The number of ether oxygens (including phenoxy) is 2. The average Bonchev–Trinajstić information content (AvgIpc) is 2.91. The number of anilines is 1. The fourth-order valence-electron chi connectivity index (χ4n) is 2.22. The molecule has 1 aromatic heterocycles. The lowest BCUT2D eigenvalue weighted by atomic mass is 10.1. The van der Waals surface area contributed by atoms with Gasteiger partial charge in [0, 0.05) is 23.2 Å². The molecule has 1 aliphatic rings. The van der Waals surface area contributed by atoms with Crippen LogP contribution < -0.4 is 5.73 Å². The van der Waals surface area contributed by atoms with Crippen molar-refractivity contribution in [2.24, 2.45) is 0 Å². The van der Waals surface area contributed by atoms with Crippen molar-refractivity contribution in [3.05, 3.63) is 36.5 Å². The molecule has 1 atom stereocenters. The molecule has 1 unspecified atom stereocenters. The van der Waals surface area contributed by atoms with Gasteiger partial charge in [0.1, 0.15) is 6.61 Å². The summed E-state index contributed by atoms with van der Waals surface area (Å²) in [5.74, 6) is -2.16. The van der Waals surface area contributed by atoms with Crippen LogP contribution in [0.1, 0.15) is 11.7 Å². The summed E-state index contributed by atoms with van der Waals surface area (Å²) in [7, 11) is 0. The van der Waals surface area contributed by atoms with Crippen LogP contribution in [0.15, 0.2) is 36.5 Å². The number of esters is 2. The molecule has 1 aromatic carbocycles. The number of nitrogen functional groups attached to an aromatic ring is 1. The predicted molar refractivity (Wildman–Crippen MR) is 79.4 cm³/mol. The van der Waals surface area contributed by atoms with Crippen LogP contribution in [0.3, 0.4) is 0 Å². The van der Waals surface area contributed by atoms with Crippen LogP contribution in [0, 0.1) is 0 Å². The molecule has 0 aliphatic carbocycles. The highest BCUT2D eigenvalue weighted by Gasteiger charge is 2.41. The van der Waals surface area contributed by atoms with Crippen molar-refractivity contribution >= 4 is 34.4 Å². The molecule has 1 aliphatic heterocycles. The van der Waals surface area contributed by atoms with Crippen LogP contribution in [0.25, 0.3) is 10.9 Å². The molecule has 0 radical (unpaired) electrons. The smallest absolute Gasteiger partial charge is 0.332 e. The van der Waals surface area contributed by atoms with Crippen molar-refractivity contribution < 1.29 is 23.9 Å². The molecule has 0 amide bonds. The first kappa shape index (κ1) is 14.8. The highest BCUT2D eigenvalue weighted by molar-refractivity contribution is 5.99. The van der Waals surface area contributed by atoms with E-state index in [1.165, 1.54) is 13.1 Å². The van der Waals surface area contributed by atoms with E-state index in [4.69, 9.17) is 15.2 Å². The number of hydrogen-bond donors (Lipinski definition) is 1. The number of fused-ring (bicyclic) bond motifs is 1. The monoisotopic (exact) mass is 315 g/mol. The summed E-state index contributed by atoms with van der Waals surface area (Å²) in [4.78, 5) is 35.8. The fourth-order valence-corrected chi connectivity index (χ4v) is 2.22. The van der Waals surface area contributed by atoms with Crippen molar-refractivity contribution in [3.63, 3.8) is 0 Å². The number of rotatable bonds is 1. The zero-order chi connectivity index (χ0) is 16.6. The molecule has 2 aromatic rings. The number of aromatic nitrogens is 2. The summed E-state index contributed by atoms with van der Waals surface area (Å²) < 4.78 is 11.2. The molecular formula is C15H13N3O5. The van der Waals surface area contributed by atoms with Gasteiger partial charge in [-0.1, -0.05) is 0 Å². The minimum Gasteiger partial charge on any atom is -0.458 e. The number of carbonyl (C=O) groups excluding carboxylic acids is 3. The molecule has 0 bridgehead atoms. The van der Waals surface area contributed by atoms with Crippen LogP contribution in [0.2, 0.25) is 0 Å². The largest absolute Gasteiger partial charge is 0.458 e. The lowest BCUT2D eigenvalue weighted by Gasteiger charge is -2.27.